The number of H-pyrrole nitrogens is 1. The van der Waals surface area contributed by atoms with E-state index in [1.54, 1.807) is 18.4 Å². The third-order valence-corrected chi connectivity index (χ3v) is 4.55. The van der Waals surface area contributed by atoms with Crippen molar-refractivity contribution in [3.63, 3.8) is 0 Å². The van der Waals surface area contributed by atoms with Crippen LogP contribution in [0.2, 0.25) is 0 Å². The summed E-state index contributed by atoms with van der Waals surface area (Å²) in [6, 6.07) is 5.40. The second-order valence-electron chi connectivity index (χ2n) is 7.16. The number of hydrogen-bond acceptors (Lipinski definition) is 5. The van der Waals surface area contributed by atoms with Crippen LogP contribution in [0.3, 0.4) is 0 Å². The minimum atomic E-state index is -0.305. The quantitative estimate of drug-likeness (QED) is 0.529. The molecule has 0 saturated heterocycles. The highest BCUT2D eigenvalue weighted by atomic mass is 32.2. The highest BCUT2D eigenvalue weighted by Crippen LogP contribution is 2.19. The zero-order valence-electron chi connectivity index (χ0n) is 15.3. The Hall–Kier alpha value is -2.48. The molecule has 26 heavy (non-hydrogen) atoms. The maximum Gasteiger partial charge on any atom is 0.278 e. The molecule has 0 fully saturated rings. The van der Waals surface area contributed by atoms with Crippen molar-refractivity contribution in [2.45, 2.75) is 44.9 Å². The maximum absolute atomic E-state index is 12.9. The number of carbonyl (C=O) groups excluding carboxylic acids is 1. The summed E-state index contributed by atoms with van der Waals surface area (Å²) in [5.41, 5.74) is 1.43. The summed E-state index contributed by atoms with van der Waals surface area (Å²) in [6.07, 6.45) is 1.56. The number of nitrogens with zero attached hydrogens (tertiary/aromatic N) is 2. The van der Waals surface area contributed by atoms with E-state index in [-0.39, 0.29) is 29.3 Å². The number of aromatic amines is 1. The van der Waals surface area contributed by atoms with Gasteiger partial charge in [0.1, 0.15) is 11.3 Å². The van der Waals surface area contributed by atoms with Gasteiger partial charge in [-0.05, 0) is 45.9 Å². The molecule has 0 unspecified atom stereocenters. The molecule has 0 spiro atoms. The largest absolute Gasteiger partial charge is 0.467 e. The van der Waals surface area contributed by atoms with Crippen LogP contribution in [0.5, 0.6) is 0 Å². The zero-order chi connectivity index (χ0) is 18.9. The van der Waals surface area contributed by atoms with Gasteiger partial charge < -0.3 is 14.7 Å². The Morgan fingerprint density at radius 3 is 2.85 bits per heavy atom. The molecule has 3 rings (SSSR count). The first kappa shape index (κ1) is 18.3. The average molecular weight is 374 g/mol. The van der Waals surface area contributed by atoms with Gasteiger partial charge in [-0.3, -0.25) is 14.2 Å². The fourth-order valence-electron chi connectivity index (χ4n) is 2.60. The number of rotatable bonds is 5. The molecule has 138 valence electrons. The van der Waals surface area contributed by atoms with Crippen LogP contribution in [0.4, 0.5) is 0 Å². The number of nitrogens with one attached hydrogen (secondary N) is 2. The Balaban J connectivity index is 1.94. The predicted molar refractivity (Wildman–Crippen MR) is 102 cm³/mol. The van der Waals surface area contributed by atoms with Gasteiger partial charge in [0.05, 0.1) is 24.1 Å². The molecule has 0 bridgehead atoms. The fraction of sp³-hybridized carbons (Fsp3) is 0.389. The first-order valence-electron chi connectivity index (χ1n) is 8.29. The first-order chi connectivity index (χ1) is 12.2. The van der Waals surface area contributed by atoms with Crippen LogP contribution in [-0.2, 0) is 11.3 Å². The second-order valence-corrected chi connectivity index (χ2v) is 8.11. The van der Waals surface area contributed by atoms with Crippen molar-refractivity contribution >= 4 is 28.7 Å². The van der Waals surface area contributed by atoms with E-state index in [9.17, 15) is 9.59 Å². The van der Waals surface area contributed by atoms with Crippen LogP contribution in [0.1, 0.15) is 32.2 Å². The number of thioether (sulfide) groups is 1. The summed E-state index contributed by atoms with van der Waals surface area (Å²) in [5.74, 6) is 0.723. The highest BCUT2D eigenvalue weighted by molar-refractivity contribution is 7.99. The molecule has 0 aromatic carbocycles. The standard InChI is InChI=1S/C18H22N4O3S/c1-11-8-13-15(19-11)16(24)22(9-12-6-5-7-25-12)17(20-13)26-10-14(23)21-18(2,3)4/h5-8,19H,9-10H2,1-4H3,(H,21,23). The van der Waals surface area contributed by atoms with Gasteiger partial charge in [-0.2, -0.15) is 0 Å². The van der Waals surface area contributed by atoms with Crippen molar-refractivity contribution < 1.29 is 9.21 Å². The van der Waals surface area contributed by atoms with Gasteiger partial charge in [0.15, 0.2) is 5.16 Å². The van der Waals surface area contributed by atoms with Crippen LogP contribution in [0, 0.1) is 6.92 Å². The van der Waals surface area contributed by atoms with E-state index in [0.717, 1.165) is 5.69 Å². The Labute approximate surface area is 155 Å². The van der Waals surface area contributed by atoms with Gasteiger partial charge in [-0.1, -0.05) is 11.8 Å². The lowest BCUT2D eigenvalue weighted by Crippen LogP contribution is -2.41. The van der Waals surface area contributed by atoms with Crippen LogP contribution in [-0.4, -0.2) is 31.7 Å². The molecular formula is C18H22N4O3S. The molecule has 0 atom stereocenters. The second kappa shape index (κ2) is 7.03. The minimum Gasteiger partial charge on any atom is -0.467 e. The molecule has 7 nitrogen and oxygen atoms in total. The molecule has 1 amide bonds. The lowest BCUT2D eigenvalue weighted by Gasteiger charge is -2.20. The monoisotopic (exact) mass is 374 g/mol. The van der Waals surface area contributed by atoms with Crippen molar-refractivity contribution in [3.8, 4) is 0 Å². The van der Waals surface area contributed by atoms with Gasteiger partial charge in [0.2, 0.25) is 5.91 Å². The van der Waals surface area contributed by atoms with Gasteiger partial charge >= 0.3 is 0 Å². The van der Waals surface area contributed by atoms with E-state index in [1.165, 1.54) is 16.3 Å². The molecule has 0 aliphatic carbocycles. The fourth-order valence-corrected chi connectivity index (χ4v) is 3.40. The Kier molecular flexibility index (Phi) is 4.95. The summed E-state index contributed by atoms with van der Waals surface area (Å²) in [5, 5.41) is 3.40. The van der Waals surface area contributed by atoms with E-state index in [0.29, 0.717) is 22.0 Å². The Bertz CT molecular complexity index is 980. The minimum absolute atomic E-state index is 0.105. The molecule has 2 N–H and O–H groups in total. The van der Waals surface area contributed by atoms with Crippen molar-refractivity contribution in [1.82, 2.24) is 19.9 Å². The zero-order valence-corrected chi connectivity index (χ0v) is 16.1. The number of carbonyl (C=O) groups is 1. The molecule has 0 aliphatic heterocycles. The SMILES string of the molecule is Cc1cc2nc(SCC(=O)NC(C)(C)C)n(Cc3ccco3)c(=O)c2[nH]1. The van der Waals surface area contributed by atoms with E-state index < -0.39 is 0 Å². The van der Waals surface area contributed by atoms with Gasteiger partial charge in [0.25, 0.3) is 5.56 Å². The third kappa shape index (κ3) is 4.19. The first-order valence-corrected chi connectivity index (χ1v) is 9.28. The van der Waals surface area contributed by atoms with Crippen molar-refractivity contribution in [1.29, 1.82) is 0 Å². The maximum atomic E-state index is 12.9. The molecule has 3 aromatic rings. The Morgan fingerprint density at radius 1 is 1.42 bits per heavy atom. The smallest absolute Gasteiger partial charge is 0.278 e. The van der Waals surface area contributed by atoms with Crippen molar-refractivity contribution in [3.05, 3.63) is 46.3 Å². The van der Waals surface area contributed by atoms with E-state index in [4.69, 9.17) is 4.42 Å². The summed E-state index contributed by atoms with van der Waals surface area (Å²) in [6.45, 7) is 7.91. The summed E-state index contributed by atoms with van der Waals surface area (Å²) in [7, 11) is 0. The normalized spacial score (nSPS) is 11.8. The molecule has 8 heteroatoms. The summed E-state index contributed by atoms with van der Waals surface area (Å²) in [4.78, 5) is 32.7. The lowest BCUT2D eigenvalue weighted by molar-refractivity contribution is -0.119. The van der Waals surface area contributed by atoms with Crippen LogP contribution in [0.25, 0.3) is 11.0 Å². The van der Waals surface area contributed by atoms with Crippen LogP contribution < -0.4 is 10.9 Å². The molecular weight excluding hydrogens is 352 g/mol. The Morgan fingerprint density at radius 2 is 2.19 bits per heavy atom. The molecule has 0 saturated carbocycles. The average Bonchev–Trinajstić information content (AvgIpc) is 3.15. The number of hydrogen-bond donors (Lipinski definition) is 2. The van der Waals surface area contributed by atoms with E-state index in [1.807, 2.05) is 33.8 Å². The number of furan rings is 1. The topological polar surface area (TPSA) is 92.9 Å². The summed E-state index contributed by atoms with van der Waals surface area (Å²) >= 11 is 1.24. The molecule has 3 heterocycles. The van der Waals surface area contributed by atoms with Crippen molar-refractivity contribution in [2.24, 2.45) is 0 Å². The van der Waals surface area contributed by atoms with E-state index in [2.05, 4.69) is 15.3 Å². The predicted octanol–water partition coefficient (Wildman–Crippen LogP) is 2.68. The number of fused-ring (bicyclic) bond motifs is 1. The molecule has 0 radical (unpaired) electrons. The number of aromatic nitrogens is 3. The summed E-state index contributed by atoms with van der Waals surface area (Å²) < 4.78 is 6.90. The number of amides is 1. The van der Waals surface area contributed by atoms with Gasteiger partial charge in [0, 0.05) is 11.2 Å². The van der Waals surface area contributed by atoms with Crippen molar-refractivity contribution in [2.75, 3.05) is 5.75 Å². The van der Waals surface area contributed by atoms with Gasteiger partial charge in [-0.15, -0.1) is 0 Å². The highest BCUT2D eigenvalue weighted by Gasteiger charge is 2.18. The van der Waals surface area contributed by atoms with Crippen LogP contribution in [0.15, 0.2) is 38.8 Å². The number of aryl methyl sites for hydroxylation is 1. The lowest BCUT2D eigenvalue weighted by atomic mass is 10.1. The van der Waals surface area contributed by atoms with E-state index >= 15 is 0 Å². The molecule has 3 aromatic heterocycles. The molecule has 0 aliphatic rings. The van der Waals surface area contributed by atoms with Crippen LogP contribution >= 0.6 is 11.8 Å². The third-order valence-electron chi connectivity index (χ3n) is 3.58. The van der Waals surface area contributed by atoms with Gasteiger partial charge in [-0.25, -0.2) is 4.98 Å².